The van der Waals surface area contributed by atoms with Crippen molar-refractivity contribution in [2.75, 3.05) is 5.32 Å². The van der Waals surface area contributed by atoms with Crippen molar-refractivity contribution in [3.63, 3.8) is 0 Å². The second-order valence-corrected chi connectivity index (χ2v) is 6.22. The highest BCUT2D eigenvalue weighted by atomic mass is 127. The highest BCUT2D eigenvalue weighted by Gasteiger charge is 2.05. The minimum atomic E-state index is 0.557. The molecule has 0 heterocycles. The van der Waals surface area contributed by atoms with Crippen molar-refractivity contribution in [3.8, 4) is 0 Å². The van der Waals surface area contributed by atoms with E-state index in [-0.39, 0.29) is 0 Å². The first-order chi connectivity index (χ1) is 7.49. The van der Waals surface area contributed by atoms with Gasteiger partial charge in [0, 0.05) is 15.3 Å². The Morgan fingerprint density at radius 1 is 1.19 bits per heavy atom. The Hall–Kier alpha value is -0.250. The monoisotopic (exact) mass is 331 g/mol. The highest BCUT2D eigenvalue weighted by Crippen LogP contribution is 2.19. The van der Waals surface area contributed by atoms with Gasteiger partial charge in [0.25, 0.3) is 0 Å². The van der Waals surface area contributed by atoms with Crippen LogP contribution >= 0.6 is 22.6 Å². The summed E-state index contributed by atoms with van der Waals surface area (Å²) in [4.78, 5) is 0. The third kappa shape index (κ3) is 4.73. The van der Waals surface area contributed by atoms with Gasteiger partial charge in [-0.1, -0.05) is 13.8 Å². The molecule has 0 aliphatic heterocycles. The molecule has 1 atom stereocenters. The number of benzene rings is 1. The molecule has 16 heavy (non-hydrogen) atoms. The summed E-state index contributed by atoms with van der Waals surface area (Å²) in [7, 11) is 0. The largest absolute Gasteiger partial charge is 0.382 e. The lowest BCUT2D eigenvalue weighted by Gasteiger charge is -2.18. The Morgan fingerprint density at radius 3 is 2.44 bits per heavy atom. The summed E-state index contributed by atoms with van der Waals surface area (Å²) in [6.45, 7) is 8.99. The van der Waals surface area contributed by atoms with Crippen molar-refractivity contribution in [1.82, 2.24) is 0 Å². The minimum absolute atomic E-state index is 0.557. The van der Waals surface area contributed by atoms with Gasteiger partial charge in [0.1, 0.15) is 0 Å². The van der Waals surface area contributed by atoms with E-state index in [1.54, 1.807) is 0 Å². The van der Waals surface area contributed by atoms with Crippen molar-refractivity contribution >= 4 is 28.3 Å². The number of halogens is 1. The fraction of sp³-hybridized carbons (Fsp3) is 0.571. The summed E-state index contributed by atoms with van der Waals surface area (Å²) < 4.78 is 1.30. The molecule has 0 saturated heterocycles. The maximum Gasteiger partial charge on any atom is 0.0372 e. The smallest absolute Gasteiger partial charge is 0.0372 e. The van der Waals surface area contributed by atoms with Crippen LogP contribution in [0.4, 0.5) is 5.69 Å². The molecule has 0 amide bonds. The predicted octanol–water partition coefficient (Wildman–Crippen LogP) is 4.84. The van der Waals surface area contributed by atoms with E-state index >= 15 is 0 Å². The second-order valence-electron chi connectivity index (χ2n) is 4.98. The summed E-state index contributed by atoms with van der Waals surface area (Å²) in [6.07, 6.45) is 2.53. The van der Waals surface area contributed by atoms with Crippen LogP contribution in [0.1, 0.15) is 39.2 Å². The summed E-state index contributed by atoms with van der Waals surface area (Å²) in [5.41, 5.74) is 2.61. The highest BCUT2D eigenvalue weighted by molar-refractivity contribution is 14.1. The second kappa shape index (κ2) is 6.48. The zero-order valence-corrected chi connectivity index (χ0v) is 12.8. The van der Waals surface area contributed by atoms with E-state index in [4.69, 9.17) is 0 Å². The fourth-order valence-corrected chi connectivity index (χ4v) is 2.36. The predicted molar refractivity (Wildman–Crippen MR) is 81.1 cm³/mol. The zero-order valence-electron chi connectivity index (χ0n) is 10.7. The summed E-state index contributed by atoms with van der Waals surface area (Å²) in [6, 6.07) is 7.12. The Bertz CT molecular complexity index is 334. The maximum atomic E-state index is 3.59. The van der Waals surface area contributed by atoms with E-state index in [9.17, 15) is 0 Å². The van der Waals surface area contributed by atoms with E-state index in [2.05, 4.69) is 73.8 Å². The van der Waals surface area contributed by atoms with Gasteiger partial charge >= 0.3 is 0 Å². The molecule has 1 rings (SSSR count). The molecule has 0 saturated carbocycles. The molecule has 0 fully saturated rings. The third-order valence-electron chi connectivity index (χ3n) is 2.77. The first-order valence-corrected chi connectivity index (χ1v) is 7.09. The van der Waals surface area contributed by atoms with Crippen LogP contribution < -0.4 is 5.32 Å². The molecule has 0 spiro atoms. The van der Waals surface area contributed by atoms with E-state index in [1.165, 1.54) is 27.7 Å². The molecule has 1 nitrogen and oxygen atoms in total. The molecule has 0 bridgehead atoms. The average Bonchev–Trinajstić information content (AvgIpc) is 2.19. The van der Waals surface area contributed by atoms with Gasteiger partial charge in [-0.3, -0.25) is 0 Å². The maximum absolute atomic E-state index is 3.59. The minimum Gasteiger partial charge on any atom is -0.382 e. The normalized spacial score (nSPS) is 12.9. The van der Waals surface area contributed by atoms with Crippen molar-refractivity contribution in [1.29, 1.82) is 0 Å². The number of hydrogen-bond acceptors (Lipinski definition) is 1. The van der Waals surface area contributed by atoms with Gasteiger partial charge in [-0.05, 0) is 79.0 Å². The Labute approximate surface area is 113 Å². The molecular formula is C14H22IN. The average molecular weight is 331 g/mol. The molecule has 0 aromatic heterocycles. The van der Waals surface area contributed by atoms with Gasteiger partial charge in [-0.2, -0.15) is 0 Å². The third-order valence-corrected chi connectivity index (χ3v) is 3.44. The molecular weight excluding hydrogens is 309 g/mol. The van der Waals surface area contributed by atoms with Crippen LogP contribution in [0.25, 0.3) is 0 Å². The summed E-state index contributed by atoms with van der Waals surface area (Å²) in [5.74, 6) is 0.794. The SMILES string of the molecule is Cc1cc(I)ccc1NC(C)CCC(C)C. The number of rotatable bonds is 5. The molecule has 90 valence electrons. The van der Waals surface area contributed by atoms with Crippen LogP contribution in [-0.2, 0) is 0 Å². The van der Waals surface area contributed by atoms with Gasteiger partial charge in [-0.15, -0.1) is 0 Å². The van der Waals surface area contributed by atoms with Crippen molar-refractivity contribution in [2.45, 2.75) is 46.6 Å². The standard InChI is InChI=1S/C14H22IN/c1-10(2)5-6-12(4)16-14-8-7-13(15)9-11(14)3/h7-10,12,16H,5-6H2,1-4H3. The van der Waals surface area contributed by atoms with Crippen LogP contribution in [0.2, 0.25) is 0 Å². The zero-order chi connectivity index (χ0) is 12.1. The molecule has 0 aliphatic rings. The fourth-order valence-electron chi connectivity index (χ4n) is 1.71. The van der Waals surface area contributed by atoms with E-state index in [0.29, 0.717) is 6.04 Å². The number of aryl methyl sites for hydroxylation is 1. The topological polar surface area (TPSA) is 12.0 Å². The Kier molecular flexibility index (Phi) is 5.59. The van der Waals surface area contributed by atoms with Gasteiger partial charge in [-0.25, -0.2) is 0 Å². The van der Waals surface area contributed by atoms with Gasteiger partial charge in [0.2, 0.25) is 0 Å². The van der Waals surface area contributed by atoms with Crippen LogP contribution in [0, 0.1) is 16.4 Å². The van der Waals surface area contributed by atoms with E-state index in [0.717, 1.165) is 5.92 Å². The van der Waals surface area contributed by atoms with E-state index < -0.39 is 0 Å². The van der Waals surface area contributed by atoms with Crippen molar-refractivity contribution in [3.05, 3.63) is 27.3 Å². The lowest BCUT2D eigenvalue weighted by molar-refractivity contribution is 0.527. The van der Waals surface area contributed by atoms with Crippen LogP contribution in [0.3, 0.4) is 0 Å². The number of nitrogens with one attached hydrogen (secondary N) is 1. The van der Waals surface area contributed by atoms with Gasteiger partial charge in [0.05, 0.1) is 0 Å². The Morgan fingerprint density at radius 2 is 1.88 bits per heavy atom. The van der Waals surface area contributed by atoms with Crippen molar-refractivity contribution in [2.24, 2.45) is 5.92 Å². The molecule has 2 heteroatoms. The first kappa shape index (κ1) is 13.8. The summed E-state index contributed by atoms with van der Waals surface area (Å²) in [5, 5.41) is 3.59. The summed E-state index contributed by atoms with van der Waals surface area (Å²) >= 11 is 2.35. The molecule has 1 aromatic rings. The molecule has 1 aromatic carbocycles. The quantitative estimate of drug-likeness (QED) is 0.762. The lowest BCUT2D eigenvalue weighted by Crippen LogP contribution is -2.16. The van der Waals surface area contributed by atoms with Gasteiger partial charge < -0.3 is 5.32 Å². The molecule has 0 radical (unpaired) electrons. The van der Waals surface area contributed by atoms with Crippen LogP contribution in [-0.4, -0.2) is 6.04 Å². The molecule has 0 aliphatic carbocycles. The first-order valence-electron chi connectivity index (χ1n) is 6.01. The molecule has 1 N–H and O–H groups in total. The van der Waals surface area contributed by atoms with Crippen LogP contribution in [0.5, 0.6) is 0 Å². The molecule has 1 unspecified atom stereocenters. The van der Waals surface area contributed by atoms with Crippen molar-refractivity contribution < 1.29 is 0 Å². The Balaban J connectivity index is 2.52. The number of hydrogen-bond donors (Lipinski definition) is 1. The van der Waals surface area contributed by atoms with E-state index in [1.807, 2.05) is 0 Å². The lowest BCUT2D eigenvalue weighted by atomic mass is 10.0. The van der Waals surface area contributed by atoms with Crippen LogP contribution in [0.15, 0.2) is 18.2 Å². The number of anilines is 1. The van der Waals surface area contributed by atoms with Gasteiger partial charge in [0.15, 0.2) is 0 Å².